The van der Waals surface area contributed by atoms with E-state index in [2.05, 4.69) is 4.98 Å². The molecule has 3 aromatic heterocycles. The summed E-state index contributed by atoms with van der Waals surface area (Å²) in [5.41, 5.74) is 2.93. The SMILES string of the molecule is O=c1nc2s/c(=C\c3cccc(Cl)c3)c(=O)n2c2nc(-c3ccccc3)c(-c3ccccc3)nc12. The van der Waals surface area contributed by atoms with E-state index >= 15 is 0 Å². The van der Waals surface area contributed by atoms with E-state index in [4.69, 9.17) is 21.6 Å². The Balaban J connectivity index is 1.71. The predicted octanol–water partition coefficient (Wildman–Crippen LogP) is 4.59. The maximum absolute atomic E-state index is 13.4. The topological polar surface area (TPSA) is 77.2 Å². The Bertz CT molecular complexity index is 1900. The average Bonchev–Trinajstić information content (AvgIpc) is 3.19. The van der Waals surface area contributed by atoms with E-state index < -0.39 is 5.56 Å². The van der Waals surface area contributed by atoms with Gasteiger partial charge >= 0.3 is 5.56 Å². The van der Waals surface area contributed by atoms with Gasteiger partial charge in [-0.1, -0.05) is 95.7 Å². The van der Waals surface area contributed by atoms with Crippen molar-refractivity contribution in [3.8, 4) is 22.5 Å². The van der Waals surface area contributed by atoms with Gasteiger partial charge in [-0.05, 0) is 23.8 Å². The third-order valence-electron chi connectivity index (χ3n) is 5.54. The Morgan fingerprint density at radius 3 is 2.09 bits per heavy atom. The largest absolute Gasteiger partial charge is 0.302 e. The third kappa shape index (κ3) is 3.80. The highest BCUT2D eigenvalue weighted by atomic mass is 35.5. The Morgan fingerprint density at radius 1 is 0.771 bits per heavy atom. The number of hydrogen-bond acceptors (Lipinski definition) is 6. The molecule has 0 unspecified atom stereocenters. The number of halogens is 1. The first-order valence-corrected chi connectivity index (χ1v) is 11.9. The molecule has 0 aliphatic carbocycles. The number of aromatic nitrogens is 4. The number of rotatable bonds is 3. The maximum atomic E-state index is 13.4. The highest BCUT2D eigenvalue weighted by Crippen LogP contribution is 2.30. The van der Waals surface area contributed by atoms with Gasteiger partial charge in [-0.25, -0.2) is 14.4 Å². The predicted molar refractivity (Wildman–Crippen MR) is 140 cm³/mol. The smallest absolute Gasteiger partial charge is 0.267 e. The molecule has 0 spiro atoms. The van der Waals surface area contributed by atoms with Gasteiger partial charge in [0, 0.05) is 16.1 Å². The molecule has 0 amide bonds. The van der Waals surface area contributed by atoms with Crippen LogP contribution in [-0.2, 0) is 0 Å². The molecule has 3 aromatic carbocycles. The summed E-state index contributed by atoms with van der Waals surface area (Å²) in [4.78, 5) is 40.4. The zero-order valence-corrected chi connectivity index (χ0v) is 19.6. The summed E-state index contributed by atoms with van der Waals surface area (Å²) in [6.45, 7) is 0. The normalized spacial score (nSPS) is 12.0. The third-order valence-corrected chi connectivity index (χ3v) is 6.74. The molecule has 0 atom stereocenters. The Labute approximate surface area is 207 Å². The number of nitrogens with zero attached hydrogens (tertiary/aromatic N) is 4. The Morgan fingerprint density at radius 2 is 1.43 bits per heavy atom. The van der Waals surface area contributed by atoms with Gasteiger partial charge in [0.2, 0.25) is 4.96 Å². The molecule has 3 heterocycles. The number of benzene rings is 3. The fourth-order valence-electron chi connectivity index (χ4n) is 3.94. The van der Waals surface area contributed by atoms with E-state index in [1.54, 1.807) is 18.2 Å². The molecule has 0 bridgehead atoms. The summed E-state index contributed by atoms with van der Waals surface area (Å²) >= 11 is 7.23. The van der Waals surface area contributed by atoms with Gasteiger partial charge in [-0.15, -0.1) is 0 Å². The van der Waals surface area contributed by atoms with E-state index in [9.17, 15) is 9.59 Å². The molecule has 0 N–H and O–H groups in total. The van der Waals surface area contributed by atoms with E-state index in [0.717, 1.165) is 28.0 Å². The van der Waals surface area contributed by atoms with E-state index in [-0.39, 0.29) is 21.7 Å². The molecule has 0 fully saturated rings. The second-order valence-corrected chi connectivity index (χ2v) is 9.28. The van der Waals surface area contributed by atoms with Crippen molar-refractivity contribution in [1.82, 2.24) is 19.4 Å². The molecule has 0 saturated carbocycles. The summed E-state index contributed by atoms with van der Waals surface area (Å²) in [5, 5.41) is 0.567. The van der Waals surface area contributed by atoms with Crippen LogP contribution in [0.3, 0.4) is 0 Å². The molecular formula is C27H15ClN4O2S. The Kier molecular flexibility index (Phi) is 5.21. The van der Waals surface area contributed by atoms with Crippen LogP contribution in [0.1, 0.15) is 5.56 Å². The molecule has 6 rings (SSSR count). The standard InChI is InChI=1S/C27H15ClN4O2S/c28-19-13-7-8-16(14-19)15-20-26(34)32-24-23(25(33)31-27(32)35-20)29-21(17-9-3-1-4-10-17)22(30-24)18-11-5-2-6-12-18/h1-15H/b20-15-. The molecule has 0 radical (unpaired) electrons. The number of fused-ring (bicyclic) bond motifs is 3. The first-order valence-electron chi connectivity index (χ1n) is 10.7. The van der Waals surface area contributed by atoms with Crippen molar-refractivity contribution in [1.29, 1.82) is 0 Å². The van der Waals surface area contributed by atoms with Crippen LogP contribution in [0.15, 0.2) is 94.5 Å². The van der Waals surface area contributed by atoms with Gasteiger partial charge in [0.15, 0.2) is 11.2 Å². The van der Waals surface area contributed by atoms with Gasteiger partial charge in [0.05, 0.1) is 15.9 Å². The lowest BCUT2D eigenvalue weighted by Gasteiger charge is -2.10. The summed E-state index contributed by atoms with van der Waals surface area (Å²) in [5.74, 6) is 0. The fourth-order valence-corrected chi connectivity index (χ4v) is 5.10. The van der Waals surface area contributed by atoms with Gasteiger partial charge in [-0.2, -0.15) is 4.98 Å². The summed E-state index contributed by atoms with van der Waals surface area (Å²) in [6, 6.07) is 26.3. The van der Waals surface area contributed by atoms with Crippen molar-refractivity contribution in [2.75, 3.05) is 0 Å². The molecular weight excluding hydrogens is 480 g/mol. The van der Waals surface area contributed by atoms with Crippen LogP contribution in [0.4, 0.5) is 0 Å². The van der Waals surface area contributed by atoms with E-state index in [1.165, 1.54) is 4.40 Å². The van der Waals surface area contributed by atoms with Gasteiger partial charge in [0.1, 0.15) is 0 Å². The summed E-state index contributed by atoms with van der Waals surface area (Å²) < 4.78 is 1.79. The summed E-state index contributed by atoms with van der Waals surface area (Å²) in [6.07, 6.45) is 1.73. The lowest BCUT2D eigenvalue weighted by molar-refractivity contribution is 1.07. The van der Waals surface area contributed by atoms with Crippen molar-refractivity contribution in [3.05, 3.63) is 121 Å². The lowest BCUT2D eigenvalue weighted by Crippen LogP contribution is -2.25. The molecule has 8 heteroatoms. The van der Waals surface area contributed by atoms with Crippen LogP contribution < -0.4 is 15.7 Å². The lowest BCUT2D eigenvalue weighted by atomic mass is 10.0. The van der Waals surface area contributed by atoms with Crippen molar-refractivity contribution in [2.45, 2.75) is 0 Å². The molecule has 0 saturated heterocycles. The molecule has 0 aliphatic rings. The van der Waals surface area contributed by atoms with Crippen molar-refractivity contribution in [2.24, 2.45) is 0 Å². The van der Waals surface area contributed by atoms with E-state index in [0.29, 0.717) is 20.9 Å². The average molecular weight is 495 g/mol. The fraction of sp³-hybridized carbons (Fsp3) is 0. The first kappa shape index (κ1) is 21.3. The zero-order valence-electron chi connectivity index (χ0n) is 18.1. The minimum Gasteiger partial charge on any atom is -0.267 e. The highest BCUT2D eigenvalue weighted by Gasteiger charge is 2.19. The molecule has 6 aromatic rings. The maximum Gasteiger partial charge on any atom is 0.302 e. The first-order chi connectivity index (χ1) is 17.1. The highest BCUT2D eigenvalue weighted by molar-refractivity contribution is 7.15. The number of hydrogen-bond donors (Lipinski definition) is 0. The van der Waals surface area contributed by atoms with Gasteiger partial charge in [0.25, 0.3) is 5.56 Å². The minimum absolute atomic E-state index is 0.0465. The zero-order chi connectivity index (χ0) is 23.9. The van der Waals surface area contributed by atoms with Crippen molar-refractivity contribution < 1.29 is 0 Å². The van der Waals surface area contributed by atoms with Crippen LogP contribution in [0.25, 0.3) is 44.7 Å². The molecule has 35 heavy (non-hydrogen) atoms. The number of thiazole rings is 1. The van der Waals surface area contributed by atoms with Crippen molar-refractivity contribution >= 4 is 45.1 Å². The van der Waals surface area contributed by atoms with Crippen LogP contribution in [-0.4, -0.2) is 19.4 Å². The Hall–Kier alpha value is -4.20. The van der Waals surface area contributed by atoms with Crippen LogP contribution in [0.2, 0.25) is 5.02 Å². The second-order valence-electron chi connectivity index (χ2n) is 7.83. The van der Waals surface area contributed by atoms with Crippen LogP contribution in [0, 0.1) is 0 Å². The minimum atomic E-state index is -0.528. The van der Waals surface area contributed by atoms with E-state index in [1.807, 2.05) is 72.8 Å². The second kappa shape index (κ2) is 8.54. The van der Waals surface area contributed by atoms with Gasteiger partial charge < -0.3 is 0 Å². The molecule has 168 valence electrons. The quantitative estimate of drug-likeness (QED) is 0.359. The van der Waals surface area contributed by atoms with Crippen LogP contribution in [0.5, 0.6) is 0 Å². The molecule has 0 aliphatic heterocycles. The van der Waals surface area contributed by atoms with Gasteiger partial charge in [-0.3, -0.25) is 9.59 Å². The summed E-state index contributed by atoms with van der Waals surface area (Å²) in [7, 11) is 0. The van der Waals surface area contributed by atoms with Crippen LogP contribution >= 0.6 is 22.9 Å². The van der Waals surface area contributed by atoms with Crippen molar-refractivity contribution in [3.63, 3.8) is 0 Å². The molecule has 6 nitrogen and oxygen atoms in total. The monoisotopic (exact) mass is 494 g/mol.